The van der Waals surface area contributed by atoms with Crippen molar-refractivity contribution < 1.29 is 4.74 Å². The molecule has 0 aliphatic rings. The summed E-state index contributed by atoms with van der Waals surface area (Å²) in [6.45, 7) is 0. The Bertz CT molecular complexity index is 548. The number of aromatic nitrogens is 2. The first-order valence-corrected chi connectivity index (χ1v) is 5.08. The van der Waals surface area contributed by atoms with Crippen LogP contribution in [-0.2, 0) is 0 Å². The second-order valence-corrected chi connectivity index (χ2v) is 3.75. The number of hydrogen-bond donors (Lipinski definition) is 1. The molecule has 2 aromatic rings. The van der Waals surface area contributed by atoms with Crippen molar-refractivity contribution in [3.63, 3.8) is 0 Å². The molecule has 0 saturated heterocycles. The third-order valence-electron chi connectivity index (χ3n) is 1.77. The average molecular weight is 257 g/mol. The monoisotopic (exact) mass is 256 g/mol. The lowest BCUT2D eigenvalue weighted by Gasteiger charge is -2.05. The molecule has 0 bridgehead atoms. The van der Waals surface area contributed by atoms with Crippen molar-refractivity contribution in [2.45, 2.75) is 0 Å². The van der Waals surface area contributed by atoms with Crippen molar-refractivity contribution >= 4 is 23.2 Å². The summed E-state index contributed by atoms with van der Waals surface area (Å²) in [6.07, 6.45) is 2.74. The molecule has 0 amide bonds. The van der Waals surface area contributed by atoms with Gasteiger partial charge in [0.2, 0.25) is 0 Å². The maximum atomic E-state index is 10.7. The molecule has 0 spiro atoms. The Labute approximate surface area is 101 Å². The maximum absolute atomic E-state index is 10.7. The highest BCUT2D eigenvalue weighted by Crippen LogP contribution is 2.28. The number of benzene rings is 1. The molecule has 0 atom stereocenters. The zero-order chi connectivity index (χ0) is 11.5. The van der Waals surface area contributed by atoms with Gasteiger partial charge in [0.15, 0.2) is 5.75 Å². The van der Waals surface area contributed by atoms with E-state index in [2.05, 4.69) is 9.97 Å². The van der Waals surface area contributed by atoms with Gasteiger partial charge in [0.25, 0.3) is 0 Å². The lowest BCUT2D eigenvalue weighted by Crippen LogP contribution is -2.07. The molecule has 0 fully saturated rings. The number of halogens is 2. The van der Waals surface area contributed by atoms with Crippen LogP contribution in [0.1, 0.15) is 0 Å². The molecule has 4 nitrogen and oxygen atoms in total. The predicted octanol–water partition coefficient (Wildman–Crippen LogP) is 2.87. The summed E-state index contributed by atoms with van der Waals surface area (Å²) >= 11 is 11.6. The minimum Gasteiger partial charge on any atom is -0.454 e. The first kappa shape index (κ1) is 11.0. The largest absolute Gasteiger partial charge is 0.454 e. The van der Waals surface area contributed by atoms with E-state index in [1.165, 1.54) is 12.4 Å². The number of hydrogen-bond acceptors (Lipinski definition) is 3. The summed E-state index contributed by atoms with van der Waals surface area (Å²) in [5, 5.41) is 0.852. The maximum Gasteiger partial charge on any atom is 0.345 e. The van der Waals surface area contributed by atoms with E-state index in [1.54, 1.807) is 18.2 Å². The first-order valence-electron chi connectivity index (χ1n) is 4.33. The number of nitrogens with one attached hydrogen (secondary N) is 1. The topological polar surface area (TPSA) is 55.0 Å². The van der Waals surface area contributed by atoms with Crippen LogP contribution in [0.15, 0.2) is 35.4 Å². The van der Waals surface area contributed by atoms with Gasteiger partial charge in [-0.3, -0.25) is 0 Å². The van der Waals surface area contributed by atoms with Gasteiger partial charge in [-0.05, 0) is 12.1 Å². The van der Waals surface area contributed by atoms with E-state index in [-0.39, 0.29) is 0 Å². The molecule has 6 heteroatoms. The van der Waals surface area contributed by atoms with Crippen LogP contribution in [0.3, 0.4) is 0 Å². The van der Waals surface area contributed by atoms with Crippen molar-refractivity contribution in [3.8, 4) is 11.5 Å². The second-order valence-electron chi connectivity index (χ2n) is 2.93. The minimum atomic E-state index is -0.429. The van der Waals surface area contributed by atoms with E-state index in [4.69, 9.17) is 27.9 Å². The Balaban J connectivity index is 2.23. The summed E-state index contributed by atoms with van der Waals surface area (Å²) in [5.41, 5.74) is -0.429. The summed E-state index contributed by atoms with van der Waals surface area (Å²) < 4.78 is 5.39. The highest BCUT2D eigenvalue weighted by molar-refractivity contribution is 6.42. The molecule has 1 N–H and O–H groups in total. The van der Waals surface area contributed by atoms with E-state index in [9.17, 15) is 4.79 Å². The molecule has 0 aliphatic carbocycles. The van der Waals surface area contributed by atoms with Crippen molar-refractivity contribution in [2.75, 3.05) is 0 Å². The van der Waals surface area contributed by atoms with Gasteiger partial charge < -0.3 is 9.72 Å². The normalized spacial score (nSPS) is 10.1. The van der Waals surface area contributed by atoms with Crippen LogP contribution < -0.4 is 10.4 Å². The van der Waals surface area contributed by atoms with Gasteiger partial charge in [-0.15, -0.1) is 0 Å². The van der Waals surface area contributed by atoms with E-state index in [0.717, 1.165) is 0 Å². The van der Waals surface area contributed by atoms with E-state index >= 15 is 0 Å². The fourth-order valence-electron chi connectivity index (χ4n) is 1.06. The van der Waals surface area contributed by atoms with Gasteiger partial charge in [-0.1, -0.05) is 23.2 Å². The van der Waals surface area contributed by atoms with Crippen LogP contribution in [-0.4, -0.2) is 9.97 Å². The minimum absolute atomic E-state index is 0.400. The van der Waals surface area contributed by atoms with Gasteiger partial charge in [0, 0.05) is 6.07 Å². The number of H-pyrrole nitrogens is 1. The van der Waals surface area contributed by atoms with Crippen LogP contribution >= 0.6 is 23.2 Å². The fourth-order valence-corrected chi connectivity index (χ4v) is 1.35. The second kappa shape index (κ2) is 4.55. The van der Waals surface area contributed by atoms with Crippen LogP contribution in [0.5, 0.6) is 11.5 Å². The summed E-state index contributed by atoms with van der Waals surface area (Å²) in [6, 6.07) is 4.87. The summed E-state index contributed by atoms with van der Waals surface area (Å²) in [7, 11) is 0. The van der Waals surface area contributed by atoms with Crippen LogP contribution in [0, 0.1) is 0 Å². The summed E-state index contributed by atoms with van der Waals surface area (Å²) in [5.74, 6) is 0.932. The lowest BCUT2D eigenvalue weighted by molar-refractivity contribution is 0.476. The molecule has 2 rings (SSSR count). The molecule has 16 heavy (non-hydrogen) atoms. The van der Waals surface area contributed by atoms with E-state index < -0.39 is 5.69 Å². The molecular weight excluding hydrogens is 251 g/mol. The highest BCUT2D eigenvalue weighted by atomic mass is 35.5. The van der Waals surface area contributed by atoms with Gasteiger partial charge in [0.1, 0.15) is 5.75 Å². The molecule has 0 unspecified atom stereocenters. The molecule has 0 aliphatic heterocycles. The molecule has 0 radical (unpaired) electrons. The predicted molar refractivity (Wildman–Crippen MR) is 61.4 cm³/mol. The van der Waals surface area contributed by atoms with Gasteiger partial charge in [0.05, 0.1) is 22.4 Å². The smallest absolute Gasteiger partial charge is 0.345 e. The quantitative estimate of drug-likeness (QED) is 0.899. The van der Waals surface area contributed by atoms with Gasteiger partial charge >= 0.3 is 5.69 Å². The van der Waals surface area contributed by atoms with Crippen LogP contribution in [0.2, 0.25) is 10.0 Å². The Morgan fingerprint density at radius 1 is 1.19 bits per heavy atom. The first-order chi connectivity index (χ1) is 7.65. The lowest BCUT2D eigenvalue weighted by atomic mass is 10.3. The molecule has 82 valence electrons. The van der Waals surface area contributed by atoms with Crippen LogP contribution in [0.4, 0.5) is 0 Å². The molecule has 0 saturated carbocycles. The van der Waals surface area contributed by atoms with Gasteiger partial charge in [-0.25, -0.2) is 4.79 Å². The fraction of sp³-hybridized carbons (Fsp3) is 0. The van der Waals surface area contributed by atoms with Crippen molar-refractivity contribution in [1.29, 1.82) is 0 Å². The highest BCUT2D eigenvalue weighted by Gasteiger charge is 2.02. The zero-order valence-electron chi connectivity index (χ0n) is 7.91. The van der Waals surface area contributed by atoms with E-state index in [0.29, 0.717) is 21.5 Å². The molecule has 1 aromatic heterocycles. The van der Waals surface area contributed by atoms with E-state index in [1.807, 2.05) is 0 Å². The zero-order valence-corrected chi connectivity index (χ0v) is 9.42. The Kier molecular flexibility index (Phi) is 3.12. The van der Waals surface area contributed by atoms with Crippen molar-refractivity contribution in [2.24, 2.45) is 0 Å². The number of nitrogens with zero attached hydrogens (tertiary/aromatic N) is 1. The van der Waals surface area contributed by atoms with Crippen LogP contribution in [0.25, 0.3) is 0 Å². The molecule has 1 aromatic carbocycles. The standard InChI is InChI=1S/C10H6Cl2N2O2/c11-8-2-1-6(3-9(8)12)16-7-4-13-10(15)14-5-7/h1-5H,(H,13,14,15). The number of rotatable bonds is 2. The molecule has 1 heterocycles. The summed E-state index contributed by atoms with van der Waals surface area (Å²) in [4.78, 5) is 16.6. The Morgan fingerprint density at radius 2 is 2.00 bits per heavy atom. The Hall–Kier alpha value is -1.52. The van der Waals surface area contributed by atoms with Gasteiger partial charge in [-0.2, -0.15) is 4.98 Å². The van der Waals surface area contributed by atoms with Crippen molar-refractivity contribution in [3.05, 3.63) is 51.1 Å². The number of aromatic amines is 1. The molecular formula is C10H6Cl2N2O2. The SMILES string of the molecule is O=c1ncc(Oc2ccc(Cl)c(Cl)c2)c[nH]1. The van der Waals surface area contributed by atoms with Crippen molar-refractivity contribution in [1.82, 2.24) is 9.97 Å². The Morgan fingerprint density at radius 3 is 2.62 bits per heavy atom. The average Bonchev–Trinajstić information content (AvgIpc) is 2.27. The third-order valence-corrected chi connectivity index (χ3v) is 2.51. The number of ether oxygens (including phenoxy) is 1. The third kappa shape index (κ3) is 2.53.